The number of nitrogens with one attached hydrogen (secondary N) is 1. The van der Waals surface area contributed by atoms with Crippen LogP contribution >= 0.6 is 0 Å². The van der Waals surface area contributed by atoms with Crippen molar-refractivity contribution in [2.45, 2.75) is 26.3 Å². The lowest BCUT2D eigenvalue weighted by Crippen LogP contribution is -2.23. The molecule has 1 saturated heterocycles. The minimum absolute atomic E-state index is 0.0271. The largest absolute Gasteiger partial charge is 0.372 e. The average Bonchev–Trinajstić information content (AvgIpc) is 3.40. The number of rotatable bonds is 5. The number of hydrogen-bond acceptors (Lipinski definition) is 5. The van der Waals surface area contributed by atoms with Crippen LogP contribution in [0.5, 0.6) is 0 Å². The van der Waals surface area contributed by atoms with Crippen molar-refractivity contribution in [3.63, 3.8) is 0 Å². The van der Waals surface area contributed by atoms with Crippen molar-refractivity contribution in [3.05, 3.63) is 65.5 Å². The molecule has 0 radical (unpaired) electrons. The second-order valence-electron chi connectivity index (χ2n) is 6.83. The van der Waals surface area contributed by atoms with Crippen LogP contribution in [0.2, 0.25) is 0 Å². The van der Waals surface area contributed by atoms with Crippen molar-refractivity contribution in [3.8, 4) is 11.4 Å². The van der Waals surface area contributed by atoms with Crippen LogP contribution in [-0.2, 0) is 6.54 Å². The Morgan fingerprint density at radius 2 is 1.78 bits per heavy atom. The maximum Gasteiger partial charge on any atom is 0.316 e. The summed E-state index contributed by atoms with van der Waals surface area (Å²) in [5.74, 6) is 0.0206. The smallest absolute Gasteiger partial charge is 0.316 e. The van der Waals surface area contributed by atoms with E-state index in [9.17, 15) is 4.79 Å². The van der Waals surface area contributed by atoms with Gasteiger partial charge in [0, 0.05) is 30.9 Å². The molecule has 1 aliphatic heterocycles. The predicted octanol–water partition coefficient (Wildman–Crippen LogP) is 3.58. The van der Waals surface area contributed by atoms with Gasteiger partial charge >= 0.3 is 11.8 Å². The molecule has 0 aliphatic carbocycles. The van der Waals surface area contributed by atoms with E-state index in [-0.39, 0.29) is 11.8 Å². The fraction of sp³-hybridized carbons (Fsp3) is 0.286. The Morgan fingerprint density at radius 1 is 1.07 bits per heavy atom. The molecule has 0 unspecified atom stereocenters. The number of amides is 1. The van der Waals surface area contributed by atoms with Crippen LogP contribution in [0.25, 0.3) is 11.4 Å². The second-order valence-corrected chi connectivity index (χ2v) is 6.83. The van der Waals surface area contributed by atoms with Crippen LogP contribution in [-0.4, -0.2) is 29.1 Å². The zero-order chi connectivity index (χ0) is 18.6. The molecule has 4 rings (SSSR count). The first-order valence-electron chi connectivity index (χ1n) is 9.22. The molecule has 6 nitrogen and oxygen atoms in total. The van der Waals surface area contributed by atoms with Crippen LogP contribution in [0.1, 0.15) is 34.7 Å². The second kappa shape index (κ2) is 7.61. The van der Waals surface area contributed by atoms with E-state index >= 15 is 0 Å². The highest BCUT2D eigenvalue weighted by Crippen LogP contribution is 2.24. The molecule has 2 aromatic carbocycles. The third kappa shape index (κ3) is 4.00. The monoisotopic (exact) mass is 362 g/mol. The highest BCUT2D eigenvalue weighted by Gasteiger charge is 2.17. The molecule has 0 bridgehead atoms. The van der Waals surface area contributed by atoms with E-state index in [2.05, 4.69) is 32.5 Å². The quantitative estimate of drug-likeness (QED) is 0.751. The lowest BCUT2D eigenvalue weighted by atomic mass is 10.1. The minimum atomic E-state index is -0.372. The van der Waals surface area contributed by atoms with Gasteiger partial charge in [-0.3, -0.25) is 4.79 Å². The summed E-state index contributed by atoms with van der Waals surface area (Å²) < 4.78 is 5.13. The van der Waals surface area contributed by atoms with E-state index in [1.54, 1.807) is 0 Å². The standard InChI is InChI=1S/C21H22N4O2/c1-15-4-6-16(7-5-15)14-22-20(26)21-23-19(24-27-21)17-8-10-18(11-9-17)25-12-2-3-13-25/h4-11H,2-3,12-14H2,1H3,(H,22,26). The van der Waals surface area contributed by atoms with E-state index in [0.29, 0.717) is 12.4 Å². The fourth-order valence-corrected chi connectivity index (χ4v) is 3.19. The maximum absolute atomic E-state index is 12.2. The van der Waals surface area contributed by atoms with Gasteiger partial charge in [0.1, 0.15) is 0 Å². The number of aryl methyl sites for hydroxylation is 1. The molecule has 6 heteroatoms. The molecule has 1 aromatic heterocycles. The van der Waals surface area contributed by atoms with E-state index in [1.165, 1.54) is 24.1 Å². The third-order valence-electron chi connectivity index (χ3n) is 4.79. The number of nitrogens with zero attached hydrogens (tertiary/aromatic N) is 3. The van der Waals surface area contributed by atoms with E-state index in [4.69, 9.17) is 4.52 Å². The summed E-state index contributed by atoms with van der Waals surface area (Å²) in [5.41, 5.74) is 4.24. The van der Waals surface area contributed by atoms with Crippen molar-refractivity contribution in [2.24, 2.45) is 0 Å². The molecule has 138 valence electrons. The molecule has 1 aliphatic rings. The summed E-state index contributed by atoms with van der Waals surface area (Å²) in [6.07, 6.45) is 2.49. The molecule has 0 spiro atoms. The van der Waals surface area contributed by atoms with Crippen LogP contribution in [0.15, 0.2) is 53.1 Å². The molecule has 2 heterocycles. The van der Waals surface area contributed by atoms with E-state index in [1.807, 2.05) is 43.3 Å². The summed E-state index contributed by atoms with van der Waals surface area (Å²) in [5, 5.41) is 6.74. The molecular formula is C21H22N4O2. The summed E-state index contributed by atoms with van der Waals surface area (Å²) in [6.45, 7) is 4.65. The lowest BCUT2D eigenvalue weighted by molar-refractivity contribution is 0.0907. The SMILES string of the molecule is Cc1ccc(CNC(=O)c2nc(-c3ccc(N4CCCC4)cc3)no2)cc1. The van der Waals surface area contributed by atoms with Gasteiger partial charge in [-0.25, -0.2) is 0 Å². The number of hydrogen-bond donors (Lipinski definition) is 1. The van der Waals surface area contributed by atoms with Crippen molar-refractivity contribution in [1.29, 1.82) is 0 Å². The van der Waals surface area contributed by atoms with Gasteiger partial charge in [-0.1, -0.05) is 35.0 Å². The number of aromatic nitrogens is 2. The Bertz CT molecular complexity index is 910. The molecular weight excluding hydrogens is 340 g/mol. The van der Waals surface area contributed by atoms with Crippen LogP contribution < -0.4 is 10.2 Å². The minimum Gasteiger partial charge on any atom is -0.372 e. The van der Waals surface area contributed by atoms with Gasteiger partial charge in [0.2, 0.25) is 5.82 Å². The zero-order valence-electron chi connectivity index (χ0n) is 15.3. The molecule has 1 N–H and O–H groups in total. The van der Waals surface area contributed by atoms with Crippen LogP contribution in [0, 0.1) is 6.92 Å². The molecule has 0 saturated carbocycles. The van der Waals surface area contributed by atoms with Gasteiger partial charge in [0.05, 0.1) is 0 Å². The molecule has 1 amide bonds. The van der Waals surface area contributed by atoms with Gasteiger partial charge in [0.25, 0.3) is 0 Å². The molecule has 0 atom stereocenters. The van der Waals surface area contributed by atoms with E-state index < -0.39 is 0 Å². The van der Waals surface area contributed by atoms with Crippen molar-refractivity contribution >= 4 is 11.6 Å². The first kappa shape index (κ1) is 17.3. The van der Waals surface area contributed by atoms with Crippen molar-refractivity contribution in [1.82, 2.24) is 15.5 Å². The Morgan fingerprint density at radius 3 is 2.48 bits per heavy atom. The van der Waals surface area contributed by atoms with Crippen LogP contribution in [0.3, 0.4) is 0 Å². The number of benzene rings is 2. The van der Waals surface area contributed by atoms with Gasteiger partial charge < -0.3 is 14.7 Å². The maximum atomic E-state index is 12.2. The highest BCUT2D eigenvalue weighted by molar-refractivity contribution is 5.89. The zero-order valence-corrected chi connectivity index (χ0v) is 15.3. The Hall–Kier alpha value is -3.15. The Kier molecular flexibility index (Phi) is 4.87. The van der Waals surface area contributed by atoms with Gasteiger partial charge in [-0.05, 0) is 49.6 Å². The molecule has 3 aromatic rings. The first-order valence-corrected chi connectivity index (χ1v) is 9.22. The lowest BCUT2D eigenvalue weighted by Gasteiger charge is -2.17. The highest BCUT2D eigenvalue weighted by atomic mass is 16.5. The topological polar surface area (TPSA) is 71.3 Å². The molecule has 1 fully saturated rings. The number of carbonyl (C=O) groups excluding carboxylic acids is 1. The van der Waals surface area contributed by atoms with Crippen molar-refractivity contribution < 1.29 is 9.32 Å². The van der Waals surface area contributed by atoms with Gasteiger partial charge in [-0.2, -0.15) is 4.98 Å². The summed E-state index contributed by atoms with van der Waals surface area (Å²) in [7, 11) is 0. The summed E-state index contributed by atoms with van der Waals surface area (Å²) in [4.78, 5) is 18.8. The van der Waals surface area contributed by atoms with Gasteiger partial charge in [0.15, 0.2) is 0 Å². The van der Waals surface area contributed by atoms with Crippen LogP contribution in [0.4, 0.5) is 5.69 Å². The normalized spacial score (nSPS) is 13.7. The van der Waals surface area contributed by atoms with Crippen molar-refractivity contribution in [2.75, 3.05) is 18.0 Å². The molecule has 27 heavy (non-hydrogen) atoms. The summed E-state index contributed by atoms with van der Waals surface area (Å²) in [6, 6.07) is 16.0. The summed E-state index contributed by atoms with van der Waals surface area (Å²) >= 11 is 0. The van der Waals surface area contributed by atoms with Gasteiger partial charge in [-0.15, -0.1) is 0 Å². The third-order valence-corrected chi connectivity index (χ3v) is 4.79. The number of carbonyl (C=O) groups is 1. The average molecular weight is 362 g/mol. The Labute approximate surface area is 158 Å². The first-order chi connectivity index (χ1) is 13.2. The van der Waals surface area contributed by atoms with E-state index in [0.717, 1.165) is 24.2 Å². The predicted molar refractivity (Wildman–Crippen MR) is 104 cm³/mol. The number of anilines is 1. The fourth-order valence-electron chi connectivity index (χ4n) is 3.19. The Balaban J connectivity index is 1.40.